The highest BCUT2D eigenvalue weighted by Gasteiger charge is 2.12. The van der Waals surface area contributed by atoms with E-state index in [4.69, 9.17) is 0 Å². The third-order valence-corrected chi connectivity index (χ3v) is 4.06. The summed E-state index contributed by atoms with van der Waals surface area (Å²) in [6.45, 7) is 10.3. The molecule has 24 heavy (non-hydrogen) atoms. The van der Waals surface area contributed by atoms with Crippen LogP contribution in [0.15, 0.2) is 29.4 Å². The smallest absolute Gasteiger partial charge is 0.328 e. The third kappa shape index (κ3) is 5.34. The van der Waals surface area contributed by atoms with Gasteiger partial charge in [0.2, 0.25) is 0 Å². The Balaban J connectivity index is 1.89. The summed E-state index contributed by atoms with van der Waals surface area (Å²) in [7, 11) is 0. The summed E-state index contributed by atoms with van der Waals surface area (Å²) in [4.78, 5) is 16.5. The molecule has 1 aliphatic heterocycles. The fraction of sp³-hybridized carbons (Fsp3) is 0.471. The molecule has 7 nitrogen and oxygen atoms in total. The van der Waals surface area contributed by atoms with Gasteiger partial charge in [-0.2, -0.15) is 5.43 Å². The fourth-order valence-corrected chi connectivity index (χ4v) is 2.45. The monoisotopic (exact) mass is 332 g/mol. The lowest BCUT2D eigenvalue weighted by molar-refractivity contribution is -0.888. The molecule has 1 aromatic carbocycles. The van der Waals surface area contributed by atoms with E-state index < -0.39 is 0 Å². The minimum absolute atomic E-state index is 0.0447. The summed E-state index contributed by atoms with van der Waals surface area (Å²) in [6, 6.07) is 7.73. The maximum absolute atomic E-state index is 12.0. The standard InChI is InChI=1S/C17H26N6O/c1-4-23(5-2)12-16(24)20-15-8-6-14(7-9-15)13(3)21-22-17-18-10-11-19-17/h6-9H,4-5,10-12H2,1-3H3,(H,20,24)(H2,18,19,22)/p+2/b21-13+. The van der Waals surface area contributed by atoms with Gasteiger partial charge < -0.3 is 10.2 Å². The average molecular weight is 332 g/mol. The first kappa shape index (κ1) is 17.9. The molecular formula is C17H28N6O+2. The van der Waals surface area contributed by atoms with Crippen molar-refractivity contribution >= 4 is 23.3 Å². The molecule has 7 heteroatoms. The number of quaternary nitrogens is 1. The van der Waals surface area contributed by atoms with Crippen LogP contribution < -0.4 is 26.0 Å². The molecule has 0 unspecified atom stereocenters. The van der Waals surface area contributed by atoms with Gasteiger partial charge in [-0.15, -0.1) is 5.10 Å². The maximum atomic E-state index is 12.0. The Labute approximate surface area is 143 Å². The number of amides is 1. The lowest BCUT2D eigenvalue weighted by atomic mass is 10.1. The molecule has 0 fully saturated rings. The minimum Gasteiger partial charge on any atom is -0.328 e. The molecular weight excluding hydrogens is 304 g/mol. The highest BCUT2D eigenvalue weighted by molar-refractivity contribution is 6.00. The molecule has 1 aliphatic rings. The Morgan fingerprint density at radius 3 is 2.58 bits per heavy atom. The molecule has 0 atom stereocenters. The van der Waals surface area contributed by atoms with Crippen LogP contribution in [0.1, 0.15) is 26.3 Å². The van der Waals surface area contributed by atoms with Gasteiger partial charge in [0, 0.05) is 5.69 Å². The van der Waals surface area contributed by atoms with Crippen LogP contribution in [0.4, 0.5) is 5.69 Å². The van der Waals surface area contributed by atoms with Crippen molar-refractivity contribution in [3.8, 4) is 0 Å². The van der Waals surface area contributed by atoms with E-state index in [1.807, 2.05) is 31.2 Å². The van der Waals surface area contributed by atoms with Crippen LogP contribution in [0.25, 0.3) is 0 Å². The maximum Gasteiger partial charge on any atom is 0.367 e. The molecule has 0 radical (unpaired) electrons. The van der Waals surface area contributed by atoms with Crippen LogP contribution in [-0.4, -0.2) is 50.3 Å². The summed E-state index contributed by atoms with van der Waals surface area (Å²) in [5.41, 5.74) is 5.67. The predicted molar refractivity (Wildman–Crippen MR) is 96.2 cm³/mol. The molecule has 1 heterocycles. The van der Waals surface area contributed by atoms with Gasteiger partial charge in [0.1, 0.15) is 0 Å². The first-order valence-electron chi connectivity index (χ1n) is 8.51. The number of hydrogen-bond acceptors (Lipinski definition) is 4. The summed E-state index contributed by atoms with van der Waals surface area (Å²) in [6.07, 6.45) is 0. The van der Waals surface area contributed by atoms with E-state index in [2.05, 4.69) is 40.0 Å². The first-order chi connectivity index (χ1) is 11.6. The zero-order valence-electron chi connectivity index (χ0n) is 14.7. The summed E-state index contributed by atoms with van der Waals surface area (Å²) < 4.78 is 0. The molecule has 0 saturated heterocycles. The summed E-state index contributed by atoms with van der Waals surface area (Å²) >= 11 is 0. The van der Waals surface area contributed by atoms with Crippen molar-refractivity contribution < 1.29 is 14.7 Å². The van der Waals surface area contributed by atoms with E-state index in [1.54, 1.807) is 0 Å². The topological polar surface area (TPSA) is 83.9 Å². The van der Waals surface area contributed by atoms with Gasteiger partial charge >= 0.3 is 5.96 Å². The van der Waals surface area contributed by atoms with Crippen molar-refractivity contribution in [2.45, 2.75) is 20.8 Å². The third-order valence-electron chi connectivity index (χ3n) is 4.06. The van der Waals surface area contributed by atoms with Crippen LogP contribution in [0.2, 0.25) is 0 Å². The van der Waals surface area contributed by atoms with Crippen molar-refractivity contribution in [3.05, 3.63) is 29.8 Å². The SMILES string of the molecule is CC[NH+](CC)CC(=O)Nc1ccc(/C(C)=N/NC2=[NH+]CCN2)cc1. The second-order valence-electron chi connectivity index (χ2n) is 5.80. The molecule has 1 aromatic rings. The van der Waals surface area contributed by atoms with E-state index in [9.17, 15) is 4.79 Å². The largest absolute Gasteiger partial charge is 0.367 e. The van der Waals surface area contributed by atoms with Gasteiger partial charge in [0.15, 0.2) is 6.54 Å². The van der Waals surface area contributed by atoms with Gasteiger partial charge in [-0.3, -0.25) is 15.1 Å². The lowest BCUT2D eigenvalue weighted by Crippen LogP contribution is -3.12. The summed E-state index contributed by atoms with van der Waals surface area (Å²) in [5, 5.41) is 10.4. The van der Waals surface area contributed by atoms with E-state index in [1.165, 1.54) is 4.90 Å². The Morgan fingerprint density at radius 2 is 2.00 bits per heavy atom. The van der Waals surface area contributed by atoms with Crippen LogP contribution in [0.3, 0.4) is 0 Å². The van der Waals surface area contributed by atoms with E-state index in [0.29, 0.717) is 6.54 Å². The quantitative estimate of drug-likeness (QED) is 0.293. The van der Waals surface area contributed by atoms with Crippen molar-refractivity contribution in [1.82, 2.24) is 10.7 Å². The van der Waals surface area contributed by atoms with Gasteiger partial charge in [0.25, 0.3) is 5.91 Å². The van der Waals surface area contributed by atoms with E-state index in [0.717, 1.165) is 49.1 Å². The Morgan fingerprint density at radius 1 is 1.29 bits per heavy atom. The number of likely N-dealkylation sites (N-methyl/N-ethyl adjacent to an activating group) is 1. The molecule has 0 bridgehead atoms. The average Bonchev–Trinajstić information content (AvgIpc) is 3.11. The molecule has 0 aliphatic carbocycles. The zero-order valence-corrected chi connectivity index (χ0v) is 14.7. The zero-order chi connectivity index (χ0) is 17.4. The lowest BCUT2D eigenvalue weighted by Gasteiger charge is -2.14. The molecule has 5 N–H and O–H groups in total. The molecule has 0 saturated carbocycles. The number of guanidine groups is 1. The van der Waals surface area contributed by atoms with Crippen molar-refractivity contribution in [1.29, 1.82) is 0 Å². The number of anilines is 1. The Kier molecular flexibility index (Phi) is 6.74. The predicted octanol–water partition coefficient (Wildman–Crippen LogP) is -2.10. The normalized spacial score (nSPS) is 14.3. The second-order valence-corrected chi connectivity index (χ2v) is 5.80. The minimum atomic E-state index is 0.0447. The van der Waals surface area contributed by atoms with E-state index >= 15 is 0 Å². The van der Waals surface area contributed by atoms with Gasteiger partial charge in [-0.1, -0.05) is 12.1 Å². The number of hydrogen-bond donors (Lipinski definition) is 5. The fourth-order valence-electron chi connectivity index (χ4n) is 2.45. The van der Waals surface area contributed by atoms with Crippen molar-refractivity contribution in [3.63, 3.8) is 0 Å². The number of hydrazone groups is 1. The van der Waals surface area contributed by atoms with Crippen molar-refractivity contribution in [2.24, 2.45) is 5.10 Å². The van der Waals surface area contributed by atoms with Crippen LogP contribution >= 0.6 is 0 Å². The molecule has 0 aromatic heterocycles. The number of carbonyl (C=O) groups is 1. The number of rotatable bonds is 7. The summed E-state index contributed by atoms with van der Waals surface area (Å²) in [5.74, 6) is 0.875. The van der Waals surface area contributed by atoms with Gasteiger partial charge in [0.05, 0.1) is 31.9 Å². The molecule has 2 rings (SSSR count). The highest BCUT2D eigenvalue weighted by Crippen LogP contribution is 2.10. The van der Waals surface area contributed by atoms with Gasteiger partial charge in [-0.25, -0.2) is 0 Å². The molecule has 130 valence electrons. The number of carbonyl (C=O) groups excluding carboxylic acids is 1. The van der Waals surface area contributed by atoms with Crippen LogP contribution in [0, 0.1) is 0 Å². The van der Waals surface area contributed by atoms with Crippen molar-refractivity contribution in [2.75, 3.05) is 38.0 Å². The van der Waals surface area contributed by atoms with Crippen LogP contribution in [-0.2, 0) is 4.79 Å². The number of nitrogens with zero attached hydrogens (tertiary/aromatic N) is 1. The highest BCUT2D eigenvalue weighted by atomic mass is 16.2. The Bertz CT molecular complexity index is 604. The van der Waals surface area contributed by atoms with E-state index in [-0.39, 0.29) is 5.91 Å². The molecule has 0 spiro atoms. The first-order valence-corrected chi connectivity index (χ1v) is 8.51. The Hall–Kier alpha value is -2.41. The second kappa shape index (κ2) is 9.02. The number of nitrogens with one attached hydrogen (secondary N) is 5. The van der Waals surface area contributed by atoms with Gasteiger partial charge in [-0.05, 0) is 38.5 Å². The molecule has 1 amide bonds. The van der Waals surface area contributed by atoms with Crippen LogP contribution in [0.5, 0.6) is 0 Å². The number of benzene rings is 1.